The van der Waals surface area contributed by atoms with Crippen LogP contribution in [0.1, 0.15) is 25.8 Å². The van der Waals surface area contributed by atoms with Crippen LogP contribution in [0, 0.1) is 3.57 Å². The summed E-state index contributed by atoms with van der Waals surface area (Å²) in [6.07, 6.45) is 2.64. The van der Waals surface area contributed by atoms with E-state index in [0.717, 1.165) is 15.6 Å². The van der Waals surface area contributed by atoms with E-state index in [4.69, 9.17) is 21.7 Å². The molecular formula is C16H19IN2O3S. The number of hydrogen-bond donors (Lipinski definition) is 1. The van der Waals surface area contributed by atoms with Crippen molar-refractivity contribution in [3.8, 4) is 11.5 Å². The highest BCUT2D eigenvalue weighted by atomic mass is 127. The molecule has 0 aliphatic carbocycles. The molecule has 23 heavy (non-hydrogen) atoms. The summed E-state index contributed by atoms with van der Waals surface area (Å²) in [5, 5.41) is 3.44. The van der Waals surface area contributed by atoms with Crippen LogP contribution in [0.3, 0.4) is 0 Å². The summed E-state index contributed by atoms with van der Waals surface area (Å²) in [6.45, 7) is 5.09. The number of amides is 1. The third-order valence-electron chi connectivity index (χ3n) is 3.26. The molecule has 0 spiro atoms. The maximum atomic E-state index is 12.4. The van der Waals surface area contributed by atoms with Crippen molar-refractivity contribution in [2.75, 3.05) is 20.3 Å². The molecule has 1 N–H and O–H groups in total. The molecule has 0 saturated carbocycles. The standard InChI is InChI=1S/C16H19IN2O3S/c1-4-6-19-15(20)12(18-16(19)23)8-10-7-11(17)14(21-3)13(9-10)22-5-2/h7-9H,4-6H2,1-3H3,(H,18,23)/b12-8-. The van der Waals surface area contributed by atoms with Crippen LogP contribution >= 0.6 is 34.8 Å². The number of nitrogens with zero attached hydrogens (tertiary/aromatic N) is 1. The number of thiocarbonyl (C=S) groups is 1. The second kappa shape index (κ2) is 7.96. The van der Waals surface area contributed by atoms with E-state index in [-0.39, 0.29) is 5.91 Å². The lowest BCUT2D eigenvalue weighted by Crippen LogP contribution is -2.31. The molecule has 0 aromatic heterocycles. The third kappa shape index (κ3) is 3.95. The van der Waals surface area contributed by atoms with Gasteiger partial charge in [-0.2, -0.15) is 0 Å². The number of methoxy groups -OCH3 is 1. The molecule has 2 rings (SSSR count). The third-order valence-corrected chi connectivity index (χ3v) is 4.38. The highest BCUT2D eigenvalue weighted by molar-refractivity contribution is 14.1. The van der Waals surface area contributed by atoms with Gasteiger partial charge in [0.25, 0.3) is 5.91 Å². The number of benzene rings is 1. The molecular weight excluding hydrogens is 427 g/mol. The summed E-state index contributed by atoms with van der Waals surface area (Å²) in [4.78, 5) is 14.0. The molecule has 1 saturated heterocycles. The van der Waals surface area contributed by atoms with Gasteiger partial charge in [0.05, 0.1) is 17.3 Å². The van der Waals surface area contributed by atoms with Crippen LogP contribution in [0.25, 0.3) is 6.08 Å². The molecule has 0 bridgehead atoms. The lowest BCUT2D eigenvalue weighted by atomic mass is 10.1. The SMILES string of the molecule is CCCN1C(=O)/C(=C/c2cc(I)c(OC)c(OCC)c2)NC1=S. The molecule has 7 heteroatoms. The summed E-state index contributed by atoms with van der Waals surface area (Å²) in [5.41, 5.74) is 1.34. The lowest BCUT2D eigenvalue weighted by Gasteiger charge is -2.12. The summed E-state index contributed by atoms with van der Waals surface area (Å²) < 4.78 is 11.9. The number of halogens is 1. The van der Waals surface area contributed by atoms with Gasteiger partial charge in [-0.15, -0.1) is 0 Å². The number of hydrogen-bond acceptors (Lipinski definition) is 4. The van der Waals surface area contributed by atoms with E-state index in [1.54, 1.807) is 18.1 Å². The molecule has 1 fully saturated rings. The average molecular weight is 446 g/mol. The first-order valence-electron chi connectivity index (χ1n) is 7.36. The van der Waals surface area contributed by atoms with Crippen LogP contribution in [0.5, 0.6) is 11.5 Å². The van der Waals surface area contributed by atoms with Gasteiger partial charge < -0.3 is 14.8 Å². The topological polar surface area (TPSA) is 50.8 Å². The summed E-state index contributed by atoms with van der Waals surface area (Å²) in [6, 6.07) is 3.80. The van der Waals surface area contributed by atoms with E-state index in [9.17, 15) is 4.79 Å². The van der Waals surface area contributed by atoms with Crippen molar-refractivity contribution in [3.63, 3.8) is 0 Å². The summed E-state index contributed by atoms with van der Waals surface area (Å²) in [7, 11) is 1.61. The van der Waals surface area contributed by atoms with E-state index in [1.807, 2.05) is 26.0 Å². The van der Waals surface area contributed by atoms with Gasteiger partial charge >= 0.3 is 0 Å². The largest absolute Gasteiger partial charge is 0.492 e. The molecule has 1 aromatic carbocycles. The first kappa shape index (κ1) is 18.0. The quantitative estimate of drug-likeness (QED) is 0.414. The fourth-order valence-electron chi connectivity index (χ4n) is 2.30. The summed E-state index contributed by atoms with van der Waals surface area (Å²) >= 11 is 7.40. The Morgan fingerprint density at radius 1 is 1.39 bits per heavy atom. The number of ether oxygens (including phenoxy) is 2. The average Bonchev–Trinajstić information content (AvgIpc) is 2.75. The second-order valence-electron chi connectivity index (χ2n) is 4.91. The fraction of sp³-hybridized carbons (Fsp3) is 0.375. The Kier molecular flexibility index (Phi) is 6.23. The zero-order chi connectivity index (χ0) is 17.0. The Balaban J connectivity index is 2.36. The Morgan fingerprint density at radius 2 is 2.13 bits per heavy atom. The van der Waals surface area contributed by atoms with Gasteiger partial charge in [-0.3, -0.25) is 9.69 Å². The van der Waals surface area contributed by atoms with Crippen molar-refractivity contribution in [2.45, 2.75) is 20.3 Å². The van der Waals surface area contributed by atoms with Gasteiger partial charge in [-0.1, -0.05) is 6.92 Å². The van der Waals surface area contributed by atoms with E-state index in [1.165, 1.54) is 0 Å². The molecule has 1 aromatic rings. The number of nitrogens with one attached hydrogen (secondary N) is 1. The van der Waals surface area contributed by atoms with Crippen LogP contribution in [0.2, 0.25) is 0 Å². The van der Waals surface area contributed by atoms with E-state index >= 15 is 0 Å². The predicted molar refractivity (Wildman–Crippen MR) is 103 cm³/mol. The Hall–Kier alpha value is -1.35. The molecule has 5 nitrogen and oxygen atoms in total. The molecule has 1 aliphatic heterocycles. The minimum absolute atomic E-state index is 0.0966. The van der Waals surface area contributed by atoms with E-state index in [0.29, 0.717) is 35.5 Å². The minimum atomic E-state index is -0.0966. The molecule has 1 heterocycles. The Bertz CT molecular complexity index is 661. The van der Waals surface area contributed by atoms with Gasteiger partial charge in [-0.05, 0) is 71.9 Å². The number of carbonyl (C=O) groups excluding carboxylic acids is 1. The highest BCUT2D eigenvalue weighted by Gasteiger charge is 2.29. The van der Waals surface area contributed by atoms with Gasteiger partial charge in [-0.25, -0.2) is 0 Å². The zero-order valence-corrected chi connectivity index (χ0v) is 16.3. The summed E-state index contributed by atoms with van der Waals surface area (Å²) in [5.74, 6) is 1.26. The predicted octanol–water partition coefficient (Wildman–Crippen LogP) is 3.17. The van der Waals surface area contributed by atoms with Crippen LogP contribution < -0.4 is 14.8 Å². The first-order chi connectivity index (χ1) is 11.0. The van der Waals surface area contributed by atoms with Crippen LogP contribution in [-0.2, 0) is 4.79 Å². The van der Waals surface area contributed by atoms with Gasteiger partial charge in [0.2, 0.25) is 0 Å². The van der Waals surface area contributed by atoms with E-state index in [2.05, 4.69) is 27.9 Å². The van der Waals surface area contributed by atoms with Crippen LogP contribution in [0.15, 0.2) is 17.8 Å². The van der Waals surface area contributed by atoms with Gasteiger partial charge in [0.1, 0.15) is 5.70 Å². The van der Waals surface area contributed by atoms with Crippen molar-refractivity contribution in [2.24, 2.45) is 0 Å². The normalized spacial score (nSPS) is 16.0. The van der Waals surface area contributed by atoms with Crippen molar-refractivity contribution in [3.05, 3.63) is 27.0 Å². The lowest BCUT2D eigenvalue weighted by molar-refractivity contribution is -0.122. The van der Waals surface area contributed by atoms with Crippen molar-refractivity contribution in [1.29, 1.82) is 0 Å². The van der Waals surface area contributed by atoms with Crippen LogP contribution in [-0.4, -0.2) is 36.2 Å². The van der Waals surface area contributed by atoms with Crippen LogP contribution in [0.4, 0.5) is 0 Å². The monoisotopic (exact) mass is 446 g/mol. The molecule has 124 valence electrons. The maximum Gasteiger partial charge on any atom is 0.276 e. The molecule has 0 radical (unpaired) electrons. The molecule has 1 aliphatic rings. The molecule has 1 amide bonds. The fourth-order valence-corrected chi connectivity index (χ4v) is 3.43. The maximum absolute atomic E-state index is 12.4. The van der Waals surface area contributed by atoms with Crippen molar-refractivity contribution < 1.29 is 14.3 Å². The van der Waals surface area contributed by atoms with Gasteiger partial charge in [0, 0.05) is 6.54 Å². The van der Waals surface area contributed by atoms with Crippen molar-refractivity contribution in [1.82, 2.24) is 10.2 Å². The Labute approximate surface area is 155 Å². The molecule has 0 atom stereocenters. The van der Waals surface area contributed by atoms with Gasteiger partial charge in [0.15, 0.2) is 16.6 Å². The zero-order valence-electron chi connectivity index (χ0n) is 13.3. The number of carbonyl (C=O) groups is 1. The Morgan fingerprint density at radius 3 is 2.74 bits per heavy atom. The first-order valence-corrected chi connectivity index (χ1v) is 8.85. The van der Waals surface area contributed by atoms with E-state index < -0.39 is 0 Å². The minimum Gasteiger partial charge on any atom is -0.492 e. The van der Waals surface area contributed by atoms with Crippen molar-refractivity contribution >= 4 is 51.9 Å². The highest BCUT2D eigenvalue weighted by Crippen LogP contribution is 2.34. The number of rotatable bonds is 6. The smallest absolute Gasteiger partial charge is 0.276 e. The second-order valence-corrected chi connectivity index (χ2v) is 6.46. The molecule has 0 unspecified atom stereocenters.